The Hall–Kier alpha value is -2.53. The molecule has 4 fully saturated rings. The van der Waals surface area contributed by atoms with E-state index in [1.165, 1.54) is 6.33 Å². The molecule has 0 amide bonds. The maximum Gasteiger partial charge on any atom is 0.146 e. The molecule has 0 aliphatic heterocycles. The highest BCUT2D eigenvalue weighted by molar-refractivity contribution is 9.10. The molecule has 3 heterocycles. The topological polar surface area (TPSA) is 125 Å². The standard InChI is InChI=1S/C26H28BrFN6O2/c27-17-7-34(24-20(17)23(29)31-12-32-24)19-5-16(21(35)22(19)36)13-1-2-14-3-15(33-18(14)4-13)6-30-11-25-8-26(28,9-25)10-25/h1-4,7,12,16,19,21-22,30,33,35-36H,5-6,8-11H2,(H2,29,31,32)/t16-,19-,21-,22+,25?,26?/m1/s1. The van der Waals surface area contributed by atoms with Crippen LogP contribution < -0.4 is 11.1 Å². The first-order valence-electron chi connectivity index (χ1n) is 12.4. The van der Waals surface area contributed by atoms with Gasteiger partial charge in [-0.25, -0.2) is 14.4 Å². The van der Waals surface area contributed by atoms with Crippen molar-refractivity contribution in [3.8, 4) is 0 Å². The third kappa shape index (κ3) is 3.34. The summed E-state index contributed by atoms with van der Waals surface area (Å²) in [7, 11) is 0. The molecule has 0 saturated heterocycles. The number of halogens is 2. The van der Waals surface area contributed by atoms with Gasteiger partial charge in [0, 0.05) is 40.9 Å². The number of aliphatic hydroxyl groups is 2. The summed E-state index contributed by atoms with van der Waals surface area (Å²) in [6, 6.07) is 7.93. The van der Waals surface area contributed by atoms with Crippen molar-refractivity contribution < 1.29 is 14.6 Å². The molecule has 8 rings (SSSR count). The fourth-order valence-electron chi connectivity index (χ4n) is 6.97. The molecular formula is C26H28BrFN6O2. The van der Waals surface area contributed by atoms with Gasteiger partial charge in [0.05, 0.1) is 17.5 Å². The molecule has 3 aromatic heterocycles. The van der Waals surface area contributed by atoms with E-state index in [0.717, 1.165) is 33.2 Å². The minimum Gasteiger partial charge on any atom is -0.390 e. The first kappa shape index (κ1) is 22.7. The fraction of sp³-hybridized carbons (Fsp3) is 0.462. The van der Waals surface area contributed by atoms with Crippen molar-refractivity contribution in [3.05, 3.63) is 52.5 Å². The number of nitrogens with zero attached hydrogens (tertiary/aromatic N) is 3. The number of aliphatic hydroxyl groups excluding tert-OH is 2. The molecule has 1 aromatic carbocycles. The third-order valence-electron chi connectivity index (χ3n) is 8.62. The lowest BCUT2D eigenvalue weighted by Gasteiger charge is -2.66. The summed E-state index contributed by atoms with van der Waals surface area (Å²) >= 11 is 3.53. The van der Waals surface area contributed by atoms with E-state index in [0.29, 0.717) is 49.1 Å². The molecule has 0 radical (unpaired) electrons. The van der Waals surface area contributed by atoms with Gasteiger partial charge in [0.2, 0.25) is 0 Å². The maximum absolute atomic E-state index is 13.7. The molecular weight excluding hydrogens is 527 g/mol. The highest BCUT2D eigenvalue weighted by Gasteiger charge is 2.68. The molecule has 8 nitrogen and oxygen atoms in total. The monoisotopic (exact) mass is 554 g/mol. The minimum atomic E-state index is -0.951. The first-order valence-corrected chi connectivity index (χ1v) is 13.2. The van der Waals surface area contributed by atoms with Gasteiger partial charge in [-0.1, -0.05) is 12.1 Å². The van der Waals surface area contributed by atoms with Gasteiger partial charge in [0.1, 0.15) is 29.6 Å². The van der Waals surface area contributed by atoms with Crippen LogP contribution in [0.4, 0.5) is 10.2 Å². The van der Waals surface area contributed by atoms with Crippen LogP contribution in [-0.2, 0) is 6.54 Å². The molecule has 36 heavy (non-hydrogen) atoms. The number of rotatable bonds is 6. The fourth-order valence-corrected chi connectivity index (χ4v) is 7.57. The molecule has 4 aromatic rings. The lowest BCUT2D eigenvalue weighted by Crippen LogP contribution is -2.67. The van der Waals surface area contributed by atoms with E-state index in [9.17, 15) is 14.6 Å². The van der Waals surface area contributed by atoms with Crippen molar-refractivity contribution in [2.24, 2.45) is 5.41 Å². The molecule has 188 valence electrons. The van der Waals surface area contributed by atoms with Crippen LogP contribution in [0.3, 0.4) is 0 Å². The number of fused-ring (bicyclic) bond motifs is 2. The summed E-state index contributed by atoms with van der Waals surface area (Å²) in [5, 5.41) is 27.3. The Bertz CT molecular complexity index is 1480. The van der Waals surface area contributed by atoms with Gasteiger partial charge in [-0.05, 0) is 70.1 Å². The molecule has 0 unspecified atom stereocenters. The number of hydrogen-bond acceptors (Lipinski definition) is 6. The highest BCUT2D eigenvalue weighted by atomic mass is 79.9. The highest BCUT2D eigenvalue weighted by Crippen LogP contribution is 2.69. The van der Waals surface area contributed by atoms with E-state index in [4.69, 9.17) is 5.73 Å². The largest absolute Gasteiger partial charge is 0.390 e. The number of alkyl halides is 1. The normalized spacial score (nSPS) is 33.2. The van der Waals surface area contributed by atoms with Gasteiger partial charge in [0.15, 0.2) is 0 Å². The zero-order chi connectivity index (χ0) is 24.8. The van der Waals surface area contributed by atoms with E-state index in [-0.39, 0.29) is 17.4 Å². The second-order valence-electron chi connectivity index (χ2n) is 11.2. The lowest BCUT2D eigenvalue weighted by molar-refractivity contribution is -0.209. The van der Waals surface area contributed by atoms with Crippen LogP contribution >= 0.6 is 15.9 Å². The molecule has 6 N–H and O–H groups in total. The molecule has 10 heteroatoms. The summed E-state index contributed by atoms with van der Waals surface area (Å²) in [5.41, 5.74) is 9.05. The number of nitrogen functional groups attached to an aromatic ring is 1. The second kappa shape index (κ2) is 7.74. The Kier molecular flexibility index (Phi) is 4.87. The van der Waals surface area contributed by atoms with Gasteiger partial charge in [0.25, 0.3) is 0 Å². The average molecular weight is 555 g/mol. The van der Waals surface area contributed by atoms with Gasteiger partial charge < -0.3 is 30.8 Å². The average Bonchev–Trinajstić information content (AvgIpc) is 3.46. The van der Waals surface area contributed by atoms with Crippen molar-refractivity contribution in [2.45, 2.75) is 62.1 Å². The van der Waals surface area contributed by atoms with Crippen LogP contribution in [0.25, 0.3) is 21.9 Å². The van der Waals surface area contributed by atoms with Crippen LogP contribution in [0.5, 0.6) is 0 Å². The van der Waals surface area contributed by atoms with Crippen molar-refractivity contribution in [1.29, 1.82) is 0 Å². The van der Waals surface area contributed by atoms with E-state index in [1.807, 2.05) is 16.8 Å². The zero-order valence-electron chi connectivity index (χ0n) is 19.6. The predicted molar refractivity (Wildman–Crippen MR) is 138 cm³/mol. The first-order chi connectivity index (χ1) is 17.2. The van der Waals surface area contributed by atoms with Crippen molar-refractivity contribution >= 4 is 43.7 Å². The van der Waals surface area contributed by atoms with Crippen LogP contribution in [-0.4, -0.2) is 54.2 Å². The molecule has 4 atom stereocenters. The minimum absolute atomic E-state index is 0.183. The quantitative estimate of drug-likeness (QED) is 0.247. The summed E-state index contributed by atoms with van der Waals surface area (Å²) in [6.45, 7) is 1.56. The number of nitrogens with one attached hydrogen (secondary N) is 2. The summed E-state index contributed by atoms with van der Waals surface area (Å²) in [5.74, 6) is 0.139. The maximum atomic E-state index is 13.7. The van der Waals surface area contributed by atoms with Crippen LogP contribution in [0, 0.1) is 5.41 Å². The smallest absolute Gasteiger partial charge is 0.146 e. The van der Waals surface area contributed by atoms with Gasteiger partial charge >= 0.3 is 0 Å². The van der Waals surface area contributed by atoms with Crippen molar-refractivity contribution in [2.75, 3.05) is 12.3 Å². The van der Waals surface area contributed by atoms with Gasteiger partial charge in [-0.2, -0.15) is 0 Å². The third-order valence-corrected chi connectivity index (χ3v) is 9.22. The summed E-state index contributed by atoms with van der Waals surface area (Å²) in [4.78, 5) is 11.9. The van der Waals surface area contributed by atoms with E-state index < -0.39 is 17.9 Å². The number of hydrogen-bond donors (Lipinski definition) is 5. The predicted octanol–water partition coefficient (Wildman–Crippen LogP) is 3.69. The Morgan fingerprint density at radius 3 is 2.78 bits per heavy atom. The number of nitrogens with two attached hydrogens (primary N) is 1. The van der Waals surface area contributed by atoms with Crippen LogP contribution in [0.2, 0.25) is 0 Å². The Morgan fingerprint density at radius 1 is 1.19 bits per heavy atom. The Balaban J connectivity index is 1.10. The van der Waals surface area contributed by atoms with Crippen molar-refractivity contribution in [3.63, 3.8) is 0 Å². The molecule has 4 saturated carbocycles. The SMILES string of the molecule is Nc1ncnc2c1c(Br)cn2[C@@H]1C[C@H](c2ccc3cc(CNCC45CC(F)(C4)C5)[nH]c3c2)[C@@H](O)[C@H]1O. The molecule has 4 aliphatic carbocycles. The number of benzene rings is 1. The molecule has 2 bridgehead atoms. The van der Waals surface area contributed by atoms with E-state index in [1.54, 1.807) is 0 Å². The van der Waals surface area contributed by atoms with Crippen LogP contribution in [0.15, 0.2) is 41.3 Å². The Morgan fingerprint density at radius 2 is 2.00 bits per heavy atom. The summed E-state index contributed by atoms with van der Waals surface area (Å²) < 4.78 is 16.4. The van der Waals surface area contributed by atoms with E-state index >= 15 is 0 Å². The van der Waals surface area contributed by atoms with Gasteiger partial charge in [-0.3, -0.25) is 0 Å². The van der Waals surface area contributed by atoms with Crippen LogP contribution in [0.1, 0.15) is 48.9 Å². The number of anilines is 1. The zero-order valence-corrected chi connectivity index (χ0v) is 21.2. The van der Waals surface area contributed by atoms with E-state index in [2.05, 4.69) is 54.4 Å². The molecule has 4 aliphatic rings. The lowest BCUT2D eigenvalue weighted by atomic mass is 9.42. The second-order valence-corrected chi connectivity index (χ2v) is 12.0. The Labute approximate surface area is 215 Å². The molecule has 0 spiro atoms. The summed E-state index contributed by atoms with van der Waals surface area (Å²) in [6.07, 6.45) is 4.07. The van der Waals surface area contributed by atoms with Crippen molar-refractivity contribution in [1.82, 2.24) is 24.8 Å². The number of H-pyrrole nitrogens is 1. The van der Waals surface area contributed by atoms with Gasteiger partial charge in [-0.15, -0.1) is 0 Å². The number of aromatic nitrogens is 4. The number of aromatic amines is 1.